The second kappa shape index (κ2) is 5.32. The predicted octanol–water partition coefficient (Wildman–Crippen LogP) is 0.941. The molecule has 1 saturated carbocycles. The van der Waals surface area contributed by atoms with E-state index in [0.717, 1.165) is 17.3 Å². The highest BCUT2D eigenvalue weighted by Gasteiger charge is 2.24. The summed E-state index contributed by atoms with van der Waals surface area (Å²) in [5, 5.41) is 21.0. The number of aromatic nitrogens is 3. The zero-order valence-electron chi connectivity index (χ0n) is 9.26. The van der Waals surface area contributed by atoms with Crippen molar-refractivity contribution in [2.24, 2.45) is 7.05 Å². The highest BCUT2D eigenvalue weighted by Crippen LogP contribution is 2.21. The van der Waals surface area contributed by atoms with Gasteiger partial charge in [-0.05, 0) is 19.3 Å². The number of rotatable bonds is 6. The Morgan fingerprint density at radius 3 is 3.12 bits per heavy atom. The fraction of sp³-hybridized carbons (Fsp3) is 0.700. The van der Waals surface area contributed by atoms with Gasteiger partial charge in [0.05, 0.1) is 12.1 Å². The Balaban J connectivity index is 1.70. The molecule has 0 spiro atoms. The van der Waals surface area contributed by atoms with E-state index < -0.39 is 0 Å². The number of nitriles is 1. The molecular formula is C10H15N5S. The third-order valence-corrected chi connectivity index (χ3v) is 3.55. The normalized spacial score (nSPS) is 17.0. The van der Waals surface area contributed by atoms with Crippen LogP contribution in [0.3, 0.4) is 0 Å². The van der Waals surface area contributed by atoms with Crippen molar-refractivity contribution in [2.45, 2.75) is 36.5 Å². The maximum atomic E-state index is 8.96. The van der Waals surface area contributed by atoms with E-state index in [1.807, 2.05) is 11.6 Å². The van der Waals surface area contributed by atoms with Crippen molar-refractivity contribution in [2.75, 3.05) is 5.75 Å². The summed E-state index contributed by atoms with van der Waals surface area (Å²) in [5.74, 6) is 0.893. The molecule has 1 atom stereocenters. The van der Waals surface area contributed by atoms with E-state index in [4.69, 9.17) is 5.26 Å². The summed E-state index contributed by atoms with van der Waals surface area (Å²) in [7, 11) is 1.92. The average Bonchev–Trinajstić information content (AvgIpc) is 3.01. The molecule has 1 heterocycles. The van der Waals surface area contributed by atoms with Crippen LogP contribution in [-0.4, -0.2) is 32.6 Å². The van der Waals surface area contributed by atoms with Gasteiger partial charge in [-0.15, -0.1) is 10.2 Å². The van der Waals surface area contributed by atoms with Crippen molar-refractivity contribution in [3.63, 3.8) is 0 Å². The van der Waals surface area contributed by atoms with Gasteiger partial charge in [0, 0.05) is 18.8 Å². The van der Waals surface area contributed by atoms with E-state index in [1.54, 1.807) is 18.1 Å². The Morgan fingerprint density at radius 1 is 1.75 bits per heavy atom. The van der Waals surface area contributed by atoms with Crippen LogP contribution < -0.4 is 5.32 Å². The van der Waals surface area contributed by atoms with E-state index in [9.17, 15) is 0 Å². The van der Waals surface area contributed by atoms with E-state index >= 15 is 0 Å². The van der Waals surface area contributed by atoms with Gasteiger partial charge in [0.15, 0.2) is 5.16 Å². The van der Waals surface area contributed by atoms with Crippen LogP contribution in [0.2, 0.25) is 0 Å². The van der Waals surface area contributed by atoms with E-state index in [2.05, 4.69) is 21.6 Å². The molecular weight excluding hydrogens is 222 g/mol. The second-order valence-corrected chi connectivity index (χ2v) is 5.05. The maximum absolute atomic E-state index is 8.96. The van der Waals surface area contributed by atoms with Gasteiger partial charge < -0.3 is 4.57 Å². The lowest BCUT2D eigenvalue weighted by Crippen LogP contribution is -2.29. The van der Waals surface area contributed by atoms with Gasteiger partial charge in [0.2, 0.25) is 0 Å². The molecule has 86 valence electrons. The minimum atomic E-state index is -0.0202. The summed E-state index contributed by atoms with van der Waals surface area (Å²) >= 11 is 1.64. The number of nitrogens with one attached hydrogen (secondary N) is 1. The van der Waals surface area contributed by atoms with Gasteiger partial charge >= 0.3 is 0 Å². The molecule has 1 N–H and O–H groups in total. The monoisotopic (exact) mass is 237 g/mol. The molecule has 6 heteroatoms. The summed E-state index contributed by atoms with van der Waals surface area (Å²) in [6.07, 6.45) is 4.97. The van der Waals surface area contributed by atoms with Crippen LogP contribution in [0.5, 0.6) is 0 Å². The van der Waals surface area contributed by atoms with Crippen LogP contribution >= 0.6 is 11.8 Å². The molecule has 0 radical (unpaired) electrons. The summed E-state index contributed by atoms with van der Waals surface area (Å²) in [6.45, 7) is 0. The highest BCUT2D eigenvalue weighted by molar-refractivity contribution is 7.99. The minimum absolute atomic E-state index is 0.0202. The molecule has 0 aromatic carbocycles. The van der Waals surface area contributed by atoms with Gasteiger partial charge in [0.25, 0.3) is 0 Å². The van der Waals surface area contributed by atoms with Crippen LogP contribution in [0.25, 0.3) is 0 Å². The Bertz CT molecular complexity index is 379. The van der Waals surface area contributed by atoms with Crippen LogP contribution in [-0.2, 0) is 7.05 Å². The summed E-state index contributed by atoms with van der Waals surface area (Å²) in [6, 6.07) is 2.87. The molecule has 16 heavy (non-hydrogen) atoms. The Kier molecular flexibility index (Phi) is 3.80. The highest BCUT2D eigenvalue weighted by atomic mass is 32.2. The topological polar surface area (TPSA) is 66.5 Å². The predicted molar refractivity (Wildman–Crippen MR) is 61.9 cm³/mol. The molecule has 1 fully saturated rings. The molecule has 1 aliphatic rings. The zero-order valence-corrected chi connectivity index (χ0v) is 10.1. The maximum Gasteiger partial charge on any atom is 0.190 e. The smallest absolute Gasteiger partial charge is 0.190 e. The fourth-order valence-electron chi connectivity index (χ4n) is 1.39. The zero-order chi connectivity index (χ0) is 11.4. The van der Waals surface area contributed by atoms with Gasteiger partial charge in [-0.1, -0.05) is 11.8 Å². The van der Waals surface area contributed by atoms with Crippen LogP contribution in [0.1, 0.15) is 19.3 Å². The molecule has 5 nitrogen and oxygen atoms in total. The Hall–Kier alpha value is -1.06. The quantitative estimate of drug-likeness (QED) is 0.746. The lowest BCUT2D eigenvalue weighted by Gasteiger charge is -2.09. The fourth-order valence-corrected chi connectivity index (χ4v) is 2.28. The third-order valence-electron chi connectivity index (χ3n) is 2.48. The molecule has 1 aliphatic carbocycles. The molecule has 0 saturated heterocycles. The molecule has 2 rings (SSSR count). The second-order valence-electron chi connectivity index (χ2n) is 3.98. The number of hydrogen-bond donors (Lipinski definition) is 1. The summed E-state index contributed by atoms with van der Waals surface area (Å²) in [5.41, 5.74) is 0. The van der Waals surface area contributed by atoms with Gasteiger partial charge in [-0.25, -0.2) is 0 Å². The van der Waals surface area contributed by atoms with Gasteiger partial charge in [0.1, 0.15) is 6.33 Å². The molecule has 0 bridgehead atoms. The molecule has 1 aromatic rings. The van der Waals surface area contributed by atoms with E-state index in [-0.39, 0.29) is 6.04 Å². The van der Waals surface area contributed by atoms with Gasteiger partial charge in [-0.3, -0.25) is 5.32 Å². The van der Waals surface area contributed by atoms with Crippen molar-refractivity contribution < 1.29 is 0 Å². The SMILES string of the molecule is Cn1cnnc1SCCC(C#N)NC1CC1. The first-order valence-corrected chi connectivity index (χ1v) is 6.40. The molecule has 0 aliphatic heterocycles. The first-order chi connectivity index (χ1) is 7.79. The van der Waals surface area contributed by atoms with E-state index in [0.29, 0.717) is 6.04 Å². The first-order valence-electron chi connectivity index (χ1n) is 5.42. The Morgan fingerprint density at radius 2 is 2.56 bits per heavy atom. The van der Waals surface area contributed by atoms with Crippen LogP contribution in [0.15, 0.2) is 11.5 Å². The van der Waals surface area contributed by atoms with Crippen molar-refractivity contribution in [1.29, 1.82) is 5.26 Å². The standard InChI is InChI=1S/C10H15N5S/c1-15-7-12-14-10(15)16-5-4-9(6-11)13-8-2-3-8/h7-9,13H,2-5H2,1H3. The van der Waals surface area contributed by atoms with Crippen molar-refractivity contribution >= 4 is 11.8 Å². The molecule has 0 amide bonds. The number of aryl methyl sites for hydroxylation is 1. The summed E-state index contributed by atoms with van der Waals surface area (Å²) in [4.78, 5) is 0. The minimum Gasteiger partial charge on any atom is -0.312 e. The number of thioether (sulfide) groups is 1. The molecule has 1 unspecified atom stereocenters. The van der Waals surface area contributed by atoms with Crippen LogP contribution in [0.4, 0.5) is 0 Å². The summed E-state index contributed by atoms with van der Waals surface area (Å²) < 4.78 is 1.89. The Labute approximate surface area is 99.2 Å². The van der Waals surface area contributed by atoms with Crippen molar-refractivity contribution in [3.05, 3.63) is 6.33 Å². The number of nitrogens with zero attached hydrogens (tertiary/aromatic N) is 4. The average molecular weight is 237 g/mol. The van der Waals surface area contributed by atoms with E-state index in [1.165, 1.54) is 12.8 Å². The first kappa shape index (κ1) is 11.4. The van der Waals surface area contributed by atoms with Crippen molar-refractivity contribution in [1.82, 2.24) is 20.1 Å². The largest absolute Gasteiger partial charge is 0.312 e. The lowest BCUT2D eigenvalue weighted by atomic mass is 10.2. The lowest BCUT2D eigenvalue weighted by molar-refractivity contribution is 0.586. The van der Waals surface area contributed by atoms with Gasteiger partial charge in [-0.2, -0.15) is 5.26 Å². The third kappa shape index (κ3) is 3.22. The molecule has 1 aromatic heterocycles. The van der Waals surface area contributed by atoms with Crippen molar-refractivity contribution in [3.8, 4) is 6.07 Å². The van der Waals surface area contributed by atoms with Crippen LogP contribution in [0, 0.1) is 11.3 Å². The number of hydrogen-bond acceptors (Lipinski definition) is 5.